The summed E-state index contributed by atoms with van der Waals surface area (Å²) in [6.07, 6.45) is 2.16. The Labute approximate surface area is 110 Å². The summed E-state index contributed by atoms with van der Waals surface area (Å²) in [7, 11) is 1.81. The zero-order valence-corrected chi connectivity index (χ0v) is 10.8. The van der Waals surface area contributed by atoms with Gasteiger partial charge in [0.05, 0.1) is 11.7 Å². The normalized spacial score (nSPS) is 12.7. The summed E-state index contributed by atoms with van der Waals surface area (Å²) in [6.45, 7) is 1.86. The van der Waals surface area contributed by atoms with Crippen molar-refractivity contribution in [1.82, 2.24) is 15.2 Å². The van der Waals surface area contributed by atoms with Crippen molar-refractivity contribution in [2.45, 2.75) is 19.4 Å². The Morgan fingerprint density at radius 3 is 2.68 bits per heavy atom. The van der Waals surface area contributed by atoms with Crippen LogP contribution in [0.3, 0.4) is 0 Å². The fourth-order valence-corrected chi connectivity index (χ4v) is 2.13. The average molecular weight is 266 g/mol. The molecule has 0 fully saturated rings. The first kappa shape index (κ1) is 13.6. The van der Waals surface area contributed by atoms with Crippen LogP contribution in [0.15, 0.2) is 24.4 Å². The number of nitrogens with two attached hydrogens (primary N) is 1. The van der Waals surface area contributed by atoms with Crippen LogP contribution in [0.4, 0.5) is 8.78 Å². The molecule has 0 saturated heterocycles. The van der Waals surface area contributed by atoms with E-state index in [-0.39, 0.29) is 6.04 Å². The maximum absolute atomic E-state index is 13.6. The van der Waals surface area contributed by atoms with E-state index in [1.54, 1.807) is 4.68 Å². The summed E-state index contributed by atoms with van der Waals surface area (Å²) in [4.78, 5) is 0. The molecule has 1 aromatic carbocycles. The van der Waals surface area contributed by atoms with E-state index in [4.69, 9.17) is 5.84 Å². The number of hydrogen-bond donors (Lipinski definition) is 2. The molecule has 0 radical (unpaired) electrons. The Bertz CT molecular complexity index is 580. The zero-order valence-electron chi connectivity index (χ0n) is 10.8. The fourth-order valence-electron chi connectivity index (χ4n) is 2.13. The quantitative estimate of drug-likeness (QED) is 0.655. The maximum Gasteiger partial charge on any atom is 0.129 e. The molecule has 19 heavy (non-hydrogen) atoms. The third kappa shape index (κ3) is 2.97. The lowest BCUT2D eigenvalue weighted by Gasteiger charge is -2.15. The molecule has 1 atom stereocenters. The third-order valence-electron chi connectivity index (χ3n) is 3.07. The van der Waals surface area contributed by atoms with Crippen molar-refractivity contribution in [3.05, 3.63) is 52.9 Å². The van der Waals surface area contributed by atoms with E-state index in [0.29, 0.717) is 12.0 Å². The number of nitrogens with one attached hydrogen (secondary N) is 1. The number of hydrogen-bond acceptors (Lipinski definition) is 3. The van der Waals surface area contributed by atoms with E-state index in [9.17, 15) is 8.78 Å². The van der Waals surface area contributed by atoms with Crippen molar-refractivity contribution in [1.29, 1.82) is 0 Å². The van der Waals surface area contributed by atoms with E-state index >= 15 is 0 Å². The van der Waals surface area contributed by atoms with Crippen molar-refractivity contribution in [2.75, 3.05) is 0 Å². The van der Waals surface area contributed by atoms with Crippen LogP contribution >= 0.6 is 0 Å². The predicted molar refractivity (Wildman–Crippen MR) is 68.1 cm³/mol. The van der Waals surface area contributed by atoms with Gasteiger partial charge >= 0.3 is 0 Å². The molecular weight excluding hydrogens is 250 g/mol. The SMILES string of the molecule is Cc1nn(C)cc1C(Cc1ccc(F)cc1F)NN. The molecule has 1 heterocycles. The summed E-state index contributed by atoms with van der Waals surface area (Å²) < 4.78 is 28.2. The molecule has 0 aliphatic rings. The molecule has 6 heteroatoms. The van der Waals surface area contributed by atoms with Gasteiger partial charge in [-0.2, -0.15) is 5.10 Å². The second-order valence-electron chi connectivity index (χ2n) is 4.50. The molecule has 0 aliphatic carbocycles. The lowest BCUT2D eigenvalue weighted by atomic mass is 9.99. The molecule has 0 saturated carbocycles. The van der Waals surface area contributed by atoms with Gasteiger partial charge in [-0.1, -0.05) is 6.07 Å². The van der Waals surface area contributed by atoms with Crippen LogP contribution in [-0.4, -0.2) is 9.78 Å². The number of rotatable bonds is 4. The Kier molecular flexibility index (Phi) is 3.92. The molecule has 4 nitrogen and oxygen atoms in total. The second-order valence-corrected chi connectivity index (χ2v) is 4.50. The largest absolute Gasteiger partial charge is 0.275 e. The highest BCUT2D eigenvalue weighted by Crippen LogP contribution is 2.22. The topological polar surface area (TPSA) is 55.9 Å². The first-order valence-corrected chi connectivity index (χ1v) is 5.91. The van der Waals surface area contributed by atoms with Crippen LogP contribution in [0.5, 0.6) is 0 Å². The van der Waals surface area contributed by atoms with Gasteiger partial charge in [0.25, 0.3) is 0 Å². The summed E-state index contributed by atoms with van der Waals surface area (Å²) >= 11 is 0. The molecule has 0 bridgehead atoms. The number of hydrazine groups is 1. The molecule has 2 aromatic rings. The Morgan fingerprint density at radius 2 is 2.16 bits per heavy atom. The molecule has 0 amide bonds. The lowest BCUT2D eigenvalue weighted by molar-refractivity contribution is 0.520. The highest BCUT2D eigenvalue weighted by molar-refractivity contribution is 5.25. The van der Waals surface area contributed by atoms with Gasteiger partial charge in [0, 0.05) is 24.9 Å². The van der Waals surface area contributed by atoms with Crippen molar-refractivity contribution in [3.63, 3.8) is 0 Å². The van der Waals surface area contributed by atoms with E-state index in [1.807, 2.05) is 20.2 Å². The highest BCUT2D eigenvalue weighted by Gasteiger charge is 2.17. The molecule has 0 spiro atoms. The van der Waals surface area contributed by atoms with Crippen LogP contribution < -0.4 is 11.3 Å². The number of aromatic nitrogens is 2. The van der Waals surface area contributed by atoms with Crippen LogP contribution in [0.1, 0.15) is 22.9 Å². The minimum Gasteiger partial charge on any atom is -0.275 e. The highest BCUT2D eigenvalue weighted by atomic mass is 19.1. The van der Waals surface area contributed by atoms with Gasteiger partial charge in [-0.3, -0.25) is 16.0 Å². The molecule has 3 N–H and O–H groups in total. The van der Waals surface area contributed by atoms with Crippen LogP contribution in [-0.2, 0) is 13.5 Å². The molecule has 2 rings (SSSR count). The molecule has 1 unspecified atom stereocenters. The maximum atomic E-state index is 13.6. The summed E-state index contributed by atoms with van der Waals surface area (Å²) in [5.41, 5.74) is 4.78. The Balaban J connectivity index is 2.26. The second kappa shape index (κ2) is 5.46. The summed E-state index contributed by atoms with van der Waals surface area (Å²) in [6, 6.07) is 3.27. The number of nitrogens with zero attached hydrogens (tertiary/aromatic N) is 2. The van der Waals surface area contributed by atoms with Gasteiger partial charge < -0.3 is 0 Å². The average Bonchev–Trinajstić information content (AvgIpc) is 2.68. The van der Waals surface area contributed by atoms with Gasteiger partial charge in [-0.15, -0.1) is 0 Å². The standard InChI is InChI=1S/C13H16F2N4/c1-8-11(7-19(2)18-8)13(17-16)5-9-3-4-10(14)6-12(9)15/h3-4,6-7,13,17H,5,16H2,1-2H3. The monoisotopic (exact) mass is 266 g/mol. The van der Waals surface area contributed by atoms with Crippen LogP contribution in [0.25, 0.3) is 0 Å². The predicted octanol–water partition coefficient (Wildman–Crippen LogP) is 1.75. The zero-order chi connectivity index (χ0) is 14.0. The van der Waals surface area contributed by atoms with E-state index in [1.165, 1.54) is 12.1 Å². The van der Waals surface area contributed by atoms with E-state index in [0.717, 1.165) is 17.3 Å². The van der Waals surface area contributed by atoms with Crippen molar-refractivity contribution < 1.29 is 8.78 Å². The lowest BCUT2D eigenvalue weighted by Crippen LogP contribution is -2.30. The minimum atomic E-state index is -0.587. The van der Waals surface area contributed by atoms with Gasteiger partial charge in [-0.05, 0) is 25.0 Å². The third-order valence-corrected chi connectivity index (χ3v) is 3.07. The van der Waals surface area contributed by atoms with E-state index < -0.39 is 11.6 Å². The fraction of sp³-hybridized carbons (Fsp3) is 0.308. The van der Waals surface area contributed by atoms with Gasteiger partial charge in [0.15, 0.2) is 0 Å². The van der Waals surface area contributed by atoms with Gasteiger partial charge in [0.1, 0.15) is 11.6 Å². The van der Waals surface area contributed by atoms with Gasteiger partial charge in [0.2, 0.25) is 0 Å². The minimum absolute atomic E-state index is 0.270. The molecule has 0 aliphatic heterocycles. The number of aryl methyl sites for hydroxylation is 2. The summed E-state index contributed by atoms with van der Waals surface area (Å²) in [5.74, 6) is 4.37. The van der Waals surface area contributed by atoms with Crippen LogP contribution in [0, 0.1) is 18.6 Å². The summed E-state index contributed by atoms with van der Waals surface area (Å²) in [5, 5.41) is 4.23. The number of halogens is 2. The van der Waals surface area contributed by atoms with Crippen LogP contribution in [0.2, 0.25) is 0 Å². The Morgan fingerprint density at radius 1 is 1.42 bits per heavy atom. The smallest absolute Gasteiger partial charge is 0.129 e. The first-order valence-electron chi connectivity index (χ1n) is 5.91. The molecular formula is C13H16F2N4. The van der Waals surface area contributed by atoms with E-state index in [2.05, 4.69) is 10.5 Å². The van der Waals surface area contributed by atoms with Crippen molar-refractivity contribution in [3.8, 4) is 0 Å². The van der Waals surface area contributed by atoms with Crippen molar-refractivity contribution >= 4 is 0 Å². The van der Waals surface area contributed by atoms with Gasteiger partial charge in [-0.25, -0.2) is 8.78 Å². The Hall–Kier alpha value is -1.79. The number of benzene rings is 1. The molecule has 102 valence electrons. The van der Waals surface area contributed by atoms with Crippen molar-refractivity contribution in [2.24, 2.45) is 12.9 Å². The first-order chi connectivity index (χ1) is 9.01. The molecule has 1 aromatic heterocycles.